The molecule has 10 heteroatoms. The van der Waals surface area contributed by atoms with Crippen LogP contribution in [-0.2, 0) is 9.63 Å². The molecule has 0 radical (unpaired) electrons. The number of rotatable bonds is 4. The van der Waals surface area contributed by atoms with Crippen molar-refractivity contribution in [2.75, 3.05) is 57.3 Å². The minimum atomic E-state index is -0.692. The van der Waals surface area contributed by atoms with E-state index in [0.717, 1.165) is 5.69 Å². The predicted molar refractivity (Wildman–Crippen MR) is 107 cm³/mol. The van der Waals surface area contributed by atoms with Gasteiger partial charge in [0.05, 0.1) is 0 Å². The summed E-state index contributed by atoms with van der Waals surface area (Å²) < 4.78 is 5.37. The Morgan fingerprint density at radius 3 is 2.53 bits per heavy atom. The lowest BCUT2D eigenvalue weighted by molar-refractivity contribution is -0.151. The zero-order valence-corrected chi connectivity index (χ0v) is 16.5. The molecule has 3 aliphatic heterocycles. The van der Waals surface area contributed by atoms with Crippen LogP contribution in [0.2, 0.25) is 0 Å². The van der Waals surface area contributed by atoms with E-state index in [1.807, 2.05) is 24.3 Å². The third-order valence-electron chi connectivity index (χ3n) is 5.38. The molecule has 1 aromatic carbocycles. The Hall–Kier alpha value is -3.45. The minimum absolute atomic E-state index is 0.219. The number of urea groups is 1. The third kappa shape index (κ3) is 3.84. The molecule has 10 nitrogen and oxygen atoms in total. The number of hydroxylamine groups is 2. The molecule has 0 saturated carbocycles. The van der Waals surface area contributed by atoms with Gasteiger partial charge in [0.2, 0.25) is 0 Å². The van der Waals surface area contributed by atoms with Crippen LogP contribution < -0.4 is 15.0 Å². The second-order valence-corrected chi connectivity index (χ2v) is 7.15. The molecule has 0 spiro atoms. The maximum atomic E-state index is 12.5. The summed E-state index contributed by atoms with van der Waals surface area (Å²) in [7, 11) is 0. The fourth-order valence-corrected chi connectivity index (χ4v) is 3.75. The Kier molecular flexibility index (Phi) is 5.63. The first-order chi connectivity index (χ1) is 14.6. The van der Waals surface area contributed by atoms with Gasteiger partial charge in [-0.15, -0.1) is 6.42 Å². The summed E-state index contributed by atoms with van der Waals surface area (Å²) in [5.74, 6) is 2.61. The predicted octanol–water partition coefficient (Wildman–Crippen LogP) is 0.108. The van der Waals surface area contributed by atoms with Gasteiger partial charge in [-0.05, 0) is 24.3 Å². The molecule has 1 unspecified atom stereocenters. The van der Waals surface area contributed by atoms with Gasteiger partial charge < -0.3 is 29.6 Å². The molecule has 30 heavy (non-hydrogen) atoms. The second kappa shape index (κ2) is 8.51. The van der Waals surface area contributed by atoms with Gasteiger partial charge in [0.15, 0.2) is 0 Å². The van der Waals surface area contributed by atoms with Gasteiger partial charge in [-0.2, -0.15) is 0 Å². The number of hydrogen-bond donors (Lipinski definition) is 1. The molecule has 1 atom stereocenters. The number of benzene rings is 1. The zero-order valence-electron chi connectivity index (χ0n) is 16.5. The van der Waals surface area contributed by atoms with E-state index in [4.69, 9.17) is 16.0 Å². The Morgan fingerprint density at radius 1 is 1.13 bits per heavy atom. The van der Waals surface area contributed by atoms with Gasteiger partial charge in [0.25, 0.3) is 5.91 Å². The van der Waals surface area contributed by atoms with Gasteiger partial charge in [-0.1, -0.05) is 11.0 Å². The van der Waals surface area contributed by atoms with Crippen LogP contribution in [0.1, 0.15) is 0 Å². The largest absolute Gasteiger partial charge is 0.481 e. The molecular weight excluding hydrogens is 390 g/mol. The molecule has 1 N–H and O–H groups in total. The number of imide groups is 1. The number of amides is 4. The first-order valence-electron chi connectivity index (χ1n) is 9.82. The highest BCUT2D eigenvalue weighted by atomic mass is 16.7. The molecule has 158 valence electrons. The van der Waals surface area contributed by atoms with Gasteiger partial charge >= 0.3 is 12.1 Å². The molecule has 3 aliphatic rings. The summed E-state index contributed by atoms with van der Waals surface area (Å²) in [4.78, 5) is 47.5. The van der Waals surface area contributed by atoms with Gasteiger partial charge in [0.1, 0.15) is 18.4 Å². The van der Waals surface area contributed by atoms with Crippen molar-refractivity contribution in [2.45, 2.75) is 6.04 Å². The molecule has 4 amide bonds. The summed E-state index contributed by atoms with van der Waals surface area (Å²) >= 11 is 0. The zero-order chi connectivity index (χ0) is 21.1. The number of piperazine rings is 2. The molecule has 3 heterocycles. The Morgan fingerprint density at radius 2 is 1.87 bits per heavy atom. The average Bonchev–Trinajstić information content (AvgIpc) is 3.03. The number of carbonyl (C=O) groups excluding carboxylic acids is 3. The van der Waals surface area contributed by atoms with Crippen LogP contribution >= 0.6 is 0 Å². The first-order valence-corrected chi connectivity index (χ1v) is 9.82. The normalized spacial score (nSPS) is 21.4. The highest BCUT2D eigenvalue weighted by Crippen LogP contribution is 2.22. The molecule has 3 saturated heterocycles. The van der Waals surface area contributed by atoms with Crippen molar-refractivity contribution in [3.63, 3.8) is 0 Å². The molecule has 1 aromatic rings. The Labute approximate surface area is 174 Å². The lowest BCUT2D eigenvalue weighted by Crippen LogP contribution is -2.51. The molecule has 0 bridgehead atoms. The maximum absolute atomic E-state index is 12.5. The van der Waals surface area contributed by atoms with Crippen LogP contribution in [0.15, 0.2) is 24.3 Å². The Balaban J connectivity index is 1.30. The number of ether oxygens (including phenoxy) is 1. The summed E-state index contributed by atoms with van der Waals surface area (Å²) in [5.41, 5.74) is 1.00. The Bertz CT molecular complexity index is 835. The lowest BCUT2D eigenvalue weighted by atomic mass is 10.2. The number of carbonyl (C=O) groups is 3. The van der Waals surface area contributed by atoms with Crippen molar-refractivity contribution >= 4 is 23.7 Å². The van der Waals surface area contributed by atoms with E-state index in [0.29, 0.717) is 56.6 Å². The second-order valence-electron chi connectivity index (χ2n) is 7.15. The van der Waals surface area contributed by atoms with Crippen LogP contribution in [-0.4, -0.2) is 91.4 Å². The summed E-state index contributed by atoms with van der Waals surface area (Å²) in [5, 5.41) is 3.66. The topological polar surface area (TPSA) is 94.7 Å². The van der Waals surface area contributed by atoms with Crippen molar-refractivity contribution in [3.05, 3.63) is 24.3 Å². The van der Waals surface area contributed by atoms with Gasteiger partial charge in [0, 0.05) is 51.5 Å². The SMILES string of the molecule is C#CCOc1ccc(N2CCN(C(=O)ON3C(=O)C4CNCCN4C3=O)CC2)cc1. The van der Waals surface area contributed by atoms with E-state index in [2.05, 4.69) is 16.1 Å². The smallest absolute Gasteiger partial charge is 0.434 e. The summed E-state index contributed by atoms with van der Waals surface area (Å²) in [6.45, 7) is 3.63. The summed E-state index contributed by atoms with van der Waals surface area (Å²) in [6.07, 6.45) is 4.49. The van der Waals surface area contributed by atoms with Gasteiger partial charge in [-0.3, -0.25) is 4.79 Å². The molecule has 0 aromatic heterocycles. The number of hydrogen-bond acceptors (Lipinski definition) is 7. The standard InChI is InChI=1S/C20H23N5O5/c1-2-13-29-16-5-3-15(4-6-16)22-9-11-23(12-10-22)20(28)30-25-18(26)17-14-21-7-8-24(17)19(25)27/h1,3-6,17,21H,7-14H2. The number of nitrogens with one attached hydrogen (secondary N) is 1. The highest BCUT2D eigenvalue weighted by molar-refractivity contribution is 6.04. The number of nitrogens with zero attached hydrogens (tertiary/aromatic N) is 4. The van der Waals surface area contributed by atoms with E-state index in [-0.39, 0.29) is 6.61 Å². The maximum Gasteiger partial charge on any atom is 0.434 e. The lowest BCUT2D eigenvalue weighted by Gasteiger charge is -2.35. The van der Waals surface area contributed by atoms with Crippen molar-refractivity contribution < 1.29 is 24.0 Å². The van der Waals surface area contributed by atoms with Crippen molar-refractivity contribution in [2.24, 2.45) is 0 Å². The molecular formula is C20H23N5O5. The summed E-state index contributed by atoms with van der Waals surface area (Å²) in [6, 6.07) is 6.38. The molecule has 4 rings (SSSR count). The van der Waals surface area contributed by atoms with Crippen molar-refractivity contribution in [1.29, 1.82) is 0 Å². The van der Waals surface area contributed by atoms with Gasteiger partial charge in [-0.25, -0.2) is 9.59 Å². The highest BCUT2D eigenvalue weighted by Gasteiger charge is 2.49. The number of anilines is 1. The third-order valence-corrected chi connectivity index (χ3v) is 5.38. The van der Waals surface area contributed by atoms with E-state index in [1.165, 1.54) is 9.80 Å². The van der Waals surface area contributed by atoms with E-state index in [9.17, 15) is 14.4 Å². The molecule has 3 fully saturated rings. The van der Waals surface area contributed by atoms with Crippen molar-refractivity contribution in [3.8, 4) is 18.1 Å². The fraction of sp³-hybridized carbons (Fsp3) is 0.450. The first kappa shape index (κ1) is 19.8. The van der Waals surface area contributed by atoms with Crippen LogP contribution in [0.3, 0.4) is 0 Å². The van der Waals surface area contributed by atoms with E-state index >= 15 is 0 Å². The van der Waals surface area contributed by atoms with Crippen LogP contribution in [0.5, 0.6) is 5.75 Å². The van der Waals surface area contributed by atoms with Crippen LogP contribution in [0, 0.1) is 12.3 Å². The monoisotopic (exact) mass is 413 g/mol. The van der Waals surface area contributed by atoms with E-state index in [1.54, 1.807) is 0 Å². The number of terminal acetylenes is 1. The van der Waals surface area contributed by atoms with E-state index < -0.39 is 24.1 Å². The number of fused-ring (bicyclic) bond motifs is 1. The molecule has 0 aliphatic carbocycles. The fourth-order valence-electron chi connectivity index (χ4n) is 3.75. The minimum Gasteiger partial charge on any atom is -0.481 e. The quantitative estimate of drug-likeness (QED) is 0.553. The van der Waals surface area contributed by atoms with Crippen LogP contribution in [0.25, 0.3) is 0 Å². The average molecular weight is 413 g/mol. The van der Waals surface area contributed by atoms with Crippen LogP contribution in [0.4, 0.5) is 15.3 Å². The van der Waals surface area contributed by atoms with Crippen molar-refractivity contribution in [1.82, 2.24) is 20.2 Å².